The number of ether oxygens (including phenoxy) is 1. The molecule has 0 spiro atoms. The Balaban J connectivity index is 2.29. The van der Waals surface area contributed by atoms with E-state index in [1.807, 2.05) is 0 Å². The zero-order chi connectivity index (χ0) is 14.5. The number of rotatable bonds is 5. The van der Waals surface area contributed by atoms with Gasteiger partial charge in [0.05, 0.1) is 0 Å². The smallest absolute Gasteiger partial charge is 0.158 e. The van der Waals surface area contributed by atoms with Crippen LogP contribution in [0.25, 0.3) is 0 Å². The number of benzene rings is 1. The molecular weight excluding hydrogens is 299 g/mol. The molecule has 2 rings (SSSR count). The molecule has 106 valence electrons. The number of aromatic nitrogens is 2. The maximum Gasteiger partial charge on any atom is 0.158 e. The summed E-state index contributed by atoms with van der Waals surface area (Å²) in [5.41, 5.74) is 0.756. The molecule has 7 heteroatoms. The Labute approximate surface area is 127 Å². The van der Waals surface area contributed by atoms with Crippen molar-refractivity contribution in [1.29, 1.82) is 0 Å². The van der Waals surface area contributed by atoms with Crippen LogP contribution in [0.15, 0.2) is 24.3 Å². The first-order valence-electron chi connectivity index (χ1n) is 5.88. The predicted molar refractivity (Wildman–Crippen MR) is 82.0 cm³/mol. The largest absolute Gasteiger partial charge is 0.377 e. The molecule has 2 aromatic rings. The van der Waals surface area contributed by atoms with Crippen LogP contribution in [0.4, 0.5) is 17.3 Å². The van der Waals surface area contributed by atoms with E-state index in [4.69, 9.17) is 27.9 Å². The Hall–Kier alpha value is -1.56. The molecule has 0 aliphatic heterocycles. The van der Waals surface area contributed by atoms with Gasteiger partial charge in [0.15, 0.2) is 5.82 Å². The van der Waals surface area contributed by atoms with E-state index in [9.17, 15) is 0 Å². The summed E-state index contributed by atoms with van der Waals surface area (Å²) < 4.78 is 5.05. The molecule has 0 atom stereocenters. The molecular formula is C13H14Cl2N4O. The lowest BCUT2D eigenvalue weighted by molar-refractivity contribution is 0.178. The standard InChI is InChI=1S/C13H14Cl2N4O/c1-16-11-6-12(19-13(18-11)7-20-2)17-10-4-8(14)3-9(15)5-10/h3-6H,7H2,1-2H3,(H2,16,17,18,19). The summed E-state index contributed by atoms with van der Waals surface area (Å²) >= 11 is 11.9. The molecule has 0 saturated heterocycles. The van der Waals surface area contributed by atoms with E-state index in [0.29, 0.717) is 34.1 Å². The lowest BCUT2D eigenvalue weighted by Gasteiger charge is -2.10. The fourth-order valence-electron chi connectivity index (χ4n) is 1.66. The number of nitrogens with zero attached hydrogens (tertiary/aromatic N) is 2. The fraction of sp³-hybridized carbons (Fsp3) is 0.231. The van der Waals surface area contributed by atoms with Gasteiger partial charge in [-0.15, -0.1) is 0 Å². The van der Waals surface area contributed by atoms with Crippen LogP contribution in [0.3, 0.4) is 0 Å². The van der Waals surface area contributed by atoms with Crippen molar-refractivity contribution in [3.8, 4) is 0 Å². The Morgan fingerprint density at radius 3 is 2.30 bits per heavy atom. The highest BCUT2D eigenvalue weighted by Gasteiger charge is 2.05. The summed E-state index contributed by atoms with van der Waals surface area (Å²) in [6.07, 6.45) is 0. The Bertz CT molecular complexity index is 587. The van der Waals surface area contributed by atoms with Gasteiger partial charge in [-0.05, 0) is 18.2 Å². The van der Waals surface area contributed by atoms with Gasteiger partial charge in [0, 0.05) is 36.0 Å². The van der Waals surface area contributed by atoms with Crippen molar-refractivity contribution in [3.63, 3.8) is 0 Å². The Morgan fingerprint density at radius 2 is 1.70 bits per heavy atom. The van der Waals surface area contributed by atoms with Crippen LogP contribution in [-0.2, 0) is 11.3 Å². The highest BCUT2D eigenvalue weighted by molar-refractivity contribution is 6.35. The molecule has 20 heavy (non-hydrogen) atoms. The molecule has 0 radical (unpaired) electrons. The third-order valence-electron chi connectivity index (χ3n) is 2.44. The van der Waals surface area contributed by atoms with Gasteiger partial charge < -0.3 is 15.4 Å². The molecule has 1 aromatic heterocycles. The van der Waals surface area contributed by atoms with Crippen molar-refractivity contribution in [2.24, 2.45) is 0 Å². The van der Waals surface area contributed by atoms with Crippen molar-refractivity contribution in [2.45, 2.75) is 6.61 Å². The molecule has 5 nitrogen and oxygen atoms in total. The molecule has 0 saturated carbocycles. The molecule has 2 N–H and O–H groups in total. The van der Waals surface area contributed by atoms with Crippen molar-refractivity contribution < 1.29 is 4.74 Å². The average molecular weight is 313 g/mol. The maximum atomic E-state index is 5.97. The highest BCUT2D eigenvalue weighted by Crippen LogP contribution is 2.25. The predicted octanol–water partition coefficient (Wildman–Crippen LogP) is 3.72. The van der Waals surface area contributed by atoms with Crippen LogP contribution in [0.2, 0.25) is 10.0 Å². The first-order chi connectivity index (χ1) is 9.60. The molecule has 0 aliphatic carbocycles. The molecule has 0 unspecified atom stereocenters. The third kappa shape index (κ3) is 3.96. The summed E-state index contributed by atoms with van der Waals surface area (Å²) in [7, 11) is 3.39. The zero-order valence-corrected chi connectivity index (χ0v) is 12.6. The number of methoxy groups -OCH3 is 1. The highest BCUT2D eigenvalue weighted by atomic mass is 35.5. The number of anilines is 3. The van der Waals surface area contributed by atoms with Gasteiger partial charge in [0.25, 0.3) is 0 Å². The van der Waals surface area contributed by atoms with E-state index in [-0.39, 0.29) is 0 Å². The SMILES string of the molecule is CNc1cc(Nc2cc(Cl)cc(Cl)c2)nc(COC)n1. The van der Waals surface area contributed by atoms with Gasteiger partial charge in [0.1, 0.15) is 18.2 Å². The minimum Gasteiger partial charge on any atom is -0.377 e. The molecule has 1 aromatic carbocycles. The summed E-state index contributed by atoms with van der Waals surface area (Å²) in [5, 5.41) is 7.23. The summed E-state index contributed by atoms with van der Waals surface area (Å²) in [6.45, 7) is 0.334. The quantitative estimate of drug-likeness (QED) is 0.881. The molecule has 0 fully saturated rings. The number of halogens is 2. The van der Waals surface area contributed by atoms with Crippen LogP contribution in [-0.4, -0.2) is 24.1 Å². The van der Waals surface area contributed by atoms with E-state index >= 15 is 0 Å². The van der Waals surface area contributed by atoms with Gasteiger partial charge in [-0.25, -0.2) is 9.97 Å². The van der Waals surface area contributed by atoms with E-state index in [0.717, 1.165) is 5.69 Å². The Kier molecular flexibility index (Phi) is 5.00. The van der Waals surface area contributed by atoms with Gasteiger partial charge in [0.2, 0.25) is 0 Å². The van der Waals surface area contributed by atoms with Crippen LogP contribution >= 0.6 is 23.2 Å². The summed E-state index contributed by atoms with van der Waals surface area (Å²) in [6, 6.07) is 6.99. The topological polar surface area (TPSA) is 59.1 Å². The lowest BCUT2D eigenvalue weighted by atomic mass is 10.3. The second kappa shape index (κ2) is 6.74. The second-order valence-electron chi connectivity index (χ2n) is 4.02. The van der Waals surface area contributed by atoms with Crippen molar-refractivity contribution in [2.75, 3.05) is 24.8 Å². The van der Waals surface area contributed by atoms with Crippen molar-refractivity contribution >= 4 is 40.5 Å². The first kappa shape index (κ1) is 14.8. The van der Waals surface area contributed by atoms with Crippen LogP contribution in [0.5, 0.6) is 0 Å². The number of nitrogens with one attached hydrogen (secondary N) is 2. The number of hydrogen-bond donors (Lipinski definition) is 2. The van der Waals surface area contributed by atoms with Crippen molar-refractivity contribution in [3.05, 3.63) is 40.1 Å². The maximum absolute atomic E-state index is 5.97. The van der Waals surface area contributed by atoms with E-state index in [1.165, 1.54) is 0 Å². The zero-order valence-electron chi connectivity index (χ0n) is 11.1. The second-order valence-corrected chi connectivity index (χ2v) is 4.89. The number of hydrogen-bond acceptors (Lipinski definition) is 5. The minimum absolute atomic E-state index is 0.334. The van der Waals surface area contributed by atoms with E-state index in [2.05, 4.69) is 20.6 Å². The Morgan fingerprint density at radius 1 is 1.05 bits per heavy atom. The normalized spacial score (nSPS) is 10.4. The molecule has 0 amide bonds. The monoisotopic (exact) mass is 312 g/mol. The van der Waals surface area contributed by atoms with Gasteiger partial charge in [-0.2, -0.15) is 0 Å². The van der Waals surface area contributed by atoms with E-state index < -0.39 is 0 Å². The fourth-order valence-corrected chi connectivity index (χ4v) is 2.18. The van der Waals surface area contributed by atoms with Crippen molar-refractivity contribution in [1.82, 2.24) is 9.97 Å². The van der Waals surface area contributed by atoms with Gasteiger partial charge in [-0.1, -0.05) is 23.2 Å². The van der Waals surface area contributed by atoms with Crippen LogP contribution in [0, 0.1) is 0 Å². The molecule has 0 aliphatic rings. The minimum atomic E-state index is 0.334. The van der Waals surface area contributed by atoms with Gasteiger partial charge >= 0.3 is 0 Å². The average Bonchev–Trinajstić information content (AvgIpc) is 2.37. The van der Waals surface area contributed by atoms with Gasteiger partial charge in [-0.3, -0.25) is 0 Å². The van der Waals surface area contributed by atoms with Crippen LogP contribution < -0.4 is 10.6 Å². The van der Waals surface area contributed by atoms with E-state index in [1.54, 1.807) is 38.4 Å². The summed E-state index contributed by atoms with van der Waals surface area (Å²) in [4.78, 5) is 8.63. The molecule has 0 bridgehead atoms. The van der Waals surface area contributed by atoms with Crippen LogP contribution in [0.1, 0.15) is 5.82 Å². The first-order valence-corrected chi connectivity index (χ1v) is 6.64. The molecule has 1 heterocycles. The third-order valence-corrected chi connectivity index (χ3v) is 2.87. The lowest BCUT2D eigenvalue weighted by Crippen LogP contribution is -2.04. The summed E-state index contributed by atoms with van der Waals surface area (Å²) in [5.74, 6) is 1.91.